The van der Waals surface area contributed by atoms with Crippen LogP contribution in [0.5, 0.6) is 0 Å². The number of nitrogens with zero attached hydrogens (tertiary/aromatic N) is 3. The second kappa shape index (κ2) is 5.11. The Balaban J connectivity index is 1.67. The molecular weight excluding hydrogens is 272 g/mol. The number of fused-ring (bicyclic) bond motifs is 1. The van der Waals surface area contributed by atoms with Crippen LogP contribution in [-0.2, 0) is 7.05 Å². The Kier molecular flexibility index (Phi) is 3.21. The lowest BCUT2D eigenvalue weighted by Crippen LogP contribution is -2.36. The third kappa shape index (κ3) is 2.13. The summed E-state index contributed by atoms with van der Waals surface area (Å²) < 4.78 is 1.87. The van der Waals surface area contributed by atoms with Gasteiger partial charge in [-0.1, -0.05) is 25.3 Å². The Labute approximate surface area is 132 Å². The molecule has 3 aliphatic rings. The number of dihydropyridines is 1. The minimum Gasteiger partial charge on any atom is -0.369 e. The molecule has 0 saturated heterocycles. The van der Waals surface area contributed by atoms with E-state index in [1.54, 1.807) is 0 Å². The third-order valence-electron chi connectivity index (χ3n) is 5.47. The van der Waals surface area contributed by atoms with E-state index in [0.717, 1.165) is 0 Å². The van der Waals surface area contributed by atoms with E-state index in [1.807, 2.05) is 17.9 Å². The summed E-state index contributed by atoms with van der Waals surface area (Å²) in [5.41, 5.74) is 3.87. The molecule has 1 fully saturated rings. The topological polar surface area (TPSA) is 42.2 Å². The summed E-state index contributed by atoms with van der Waals surface area (Å²) in [4.78, 5) is 4.82. The summed E-state index contributed by atoms with van der Waals surface area (Å²) in [6, 6.07) is 0. The Hall–Kier alpha value is -1.84. The van der Waals surface area contributed by atoms with Gasteiger partial charge < -0.3 is 5.32 Å². The van der Waals surface area contributed by atoms with Crippen LogP contribution in [0.4, 0.5) is 0 Å². The monoisotopic (exact) mass is 296 g/mol. The van der Waals surface area contributed by atoms with Crippen LogP contribution in [0.2, 0.25) is 0 Å². The minimum atomic E-state index is -0.0649. The number of aliphatic imine (C=N–C) groups is 1. The van der Waals surface area contributed by atoms with E-state index in [0.29, 0.717) is 5.92 Å². The van der Waals surface area contributed by atoms with E-state index < -0.39 is 0 Å². The Morgan fingerprint density at radius 1 is 1.27 bits per heavy atom. The van der Waals surface area contributed by atoms with Crippen LogP contribution in [0, 0.1) is 11.3 Å². The maximum Gasteiger partial charge on any atom is 0.131 e. The molecule has 1 saturated carbocycles. The average molecular weight is 296 g/mol. The van der Waals surface area contributed by atoms with Crippen molar-refractivity contribution in [2.24, 2.45) is 23.4 Å². The van der Waals surface area contributed by atoms with Crippen molar-refractivity contribution >= 4 is 11.8 Å². The highest BCUT2D eigenvalue weighted by Gasteiger charge is 2.43. The fraction of sp³-hybridized carbons (Fsp3) is 0.556. The molecule has 116 valence electrons. The van der Waals surface area contributed by atoms with Crippen LogP contribution in [0.15, 0.2) is 35.2 Å². The molecule has 2 unspecified atom stereocenters. The molecule has 1 N–H and O–H groups in total. The van der Waals surface area contributed by atoms with Gasteiger partial charge in [0.2, 0.25) is 0 Å². The molecule has 0 bridgehead atoms. The van der Waals surface area contributed by atoms with Crippen molar-refractivity contribution in [2.75, 3.05) is 0 Å². The van der Waals surface area contributed by atoms with Gasteiger partial charge in [-0.3, -0.25) is 9.67 Å². The molecule has 1 aliphatic carbocycles. The number of hydrogen-bond acceptors (Lipinski definition) is 3. The zero-order chi connectivity index (χ0) is 15.2. The number of rotatable bonds is 2. The minimum absolute atomic E-state index is 0.0649. The molecule has 0 amide bonds. The molecule has 3 heterocycles. The second-order valence-electron chi connectivity index (χ2n) is 7.07. The van der Waals surface area contributed by atoms with Crippen molar-refractivity contribution in [2.45, 2.75) is 45.2 Å². The van der Waals surface area contributed by atoms with Crippen molar-refractivity contribution < 1.29 is 0 Å². The maximum absolute atomic E-state index is 4.82. The summed E-state index contributed by atoms with van der Waals surface area (Å²) in [6.45, 7) is 2.30. The molecular formula is C18H24N4. The Morgan fingerprint density at radius 2 is 2.09 bits per heavy atom. The highest BCUT2D eigenvalue weighted by molar-refractivity contribution is 5.85. The van der Waals surface area contributed by atoms with E-state index in [1.165, 1.54) is 48.8 Å². The molecule has 4 nitrogen and oxygen atoms in total. The highest BCUT2D eigenvalue weighted by Crippen LogP contribution is 2.46. The van der Waals surface area contributed by atoms with Crippen LogP contribution in [-0.4, -0.2) is 22.2 Å². The standard InChI is InChI=1S/C18H24N4/c1-18-8-14(13-6-4-3-5-7-13)9-19-17(18)20-11-16(18)15-10-21-22(2)12-15/h8-13,17,20H,3-7H2,1-2H3. The van der Waals surface area contributed by atoms with Crippen molar-refractivity contribution in [1.82, 2.24) is 15.1 Å². The number of nitrogens with one attached hydrogen (secondary N) is 1. The van der Waals surface area contributed by atoms with E-state index >= 15 is 0 Å². The zero-order valence-electron chi connectivity index (χ0n) is 13.4. The molecule has 1 aromatic rings. The van der Waals surface area contributed by atoms with Gasteiger partial charge in [0.15, 0.2) is 0 Å². The summed E-state index contributed by atoms with van der Waals surface area (Å²) in [7, 11) is 1.97. The fourth-order valence-electron chi connectivity index (χ4n) is 4.15. The summed E-state index contributed by atoms with van der Waals surface area (Å²) >= 11 is 0. The van der Waals surface area contributed by atoms with Gasteiger partial charge in [0.25, 0.3) is 0 Å². The van der Waals surface area contributed by atoms with Gasteiger partial charge in [-0.2, -0.15) is 5.10 Å². The molecule has 2 atom stereocenters. The molecule has 2 aliphatic heterocycles. The first-order chi connectivity index (χ1) is 10.7. The maximum atomic E-state index is 4.82. The molecule has 4 heteroatoms. The van der Waals surface area contributed by atoms with E-state index in [2.05, 4.69) is 42.0 Å². The van der Waals surface area contributed by atoms with Crippen LogP contribution < -0.4 is 5.32 Å². The first kappa shape index (κ1) is 13.8. The lowest BCUT2D eigenvalue weighted by atomic mass is 9.73. The normalized spacial score (nSPS) is 31.5. The summed E-state index contributed by atoms with van der Waals surface area (Å²) in [6.07, 6.45) is 17.6. The average Bonchev–Trinajstić information content (AvgIpc) is 3.10. The largest absolute Gasteiger partial charge is 0.369 e. The molecule has 4 rings (SSSR count). The van der Waals surface area contributed by atoms with Gasteiger partial charge in [-0.05, 0) is 36.8 Å². The van der Waals surface area contributed by atoms with Crippen molar-refractivity contribution in [3.63, 3.8) is 0 Å². The lowest BCUT2D eigenvalue weighted by Gasteiger charge is -2.34. The molecule has 0 spiro atoms. The first-order valence-corrected chi connectivity index (χ1v) is 8.38. The van der Waals surface area contributed by atoms with Gasteiger partial charge in [0, 0.05) is 31.2 Å². The number of hydrogen-bond donors (Lipinski definition) is 1. The first-order valence-electron chi connectivity index (χ1n) is 8.38. The van der Waals surface area contributed by atoms with Gasteiger partial charge in [-0.15, -0.1) is 0 Å². The zero-order valence-corrected chi connectivity index (χ0v) is 13.4. The van der Waals surface area contributed by atoms with Gasteiger partial charge in [0.1, 0.15) is 6.17 Å². The van der Waals surface area contributed by atoms with Crippen LogP contribution in [0.25, 0.3) is 5.57 Å². The molecule has 22 heavy (non-hydrogen) atoms. The van der Waals surface area contributed by atoms with E-state index in [-0.39, 0.29) is 11.6 Å². The number of aryl methyl sites for hydroxylation is 1. The number of allylic oxidation sites excluding steroid dienone is 1. The number of aromatic nitrogens is 2. The van der Waals surface area contributed by atoms with Gasteiger partial charge in [-0.25, -0.2) is 0 Å². The van der Waals surface area contributed by atoms with Crippen molar-refractivity contribution in [3.05, 3.63) is 35.8 Å². The predicted octanol–water partition coefficient (Wildman–Crippen LogP) is 3.29. The predicted molar refractivity (Wildman–Crippen MR) is 89.4 cm³/mol. The Morgan fingerprint density at radius 3 is 2.82 bits per heavy atom. The van der Waals surface area contributed by atoms with Crippen LogP contribution >= 0.6 is 0 Å². The molecule has 1 aromatic heterocycles. The smallest absolute Gasteiger partial charge is 0.131 e. The van der Waals surface area contributed by atoms with Gasteiger partial charge in [0.05, 0.1) is 11.6 Å². The highest BCUT2D eigenvalue weighted by atomic mass is 15.2. The van der Waals surface area contributed by atoms with E-state index in [4.69, 9.17) is 4.99 Å². The molecule has 0 aromatic carbocycles. The third-order valence-corrected chi connectivity index (χ3v) is 5.47. The summed E-state index contributed by atoms with van der Waals surface area (Å²) in [5, 5.41) is 7.77. The SMILES string of the molecule is Cn1cc(C2=CNC3N=CC(C4CCCCC4)=CC23C)cn1. The van der Waals surface area contributed by atoms with E-state index in [9.17, 15) is 0 Å². The van der Waals surface area contributed by atoms with Crippen LogP contribution in [0.1, 0.15) is 44.6 Å². The van der Waals surface area contributed by atoms with Crippen molar-refractivity contribution in [1.29, 1.82) is 0 Å². The van der Waals surface area contributed by atoms with Crippen molar-refractivity contribution in [3.8, 4) is 0 Å². The quantitative estimate of drug-likeness (QED) is 0.910. The lowest BCUT2D eigenvalue weighted by molar-refractivity contribution is 0.389. The fourth-order valence-corrected chi connectivity index (χ4v) is 4.15. The Bertz CT molecular complexity index is 660. The van der Waals surface area contributed by atoms with Gasteiger partial charge >= 0.3 is 0 Å². The summed E-state index contributed by atoms with van der Waals surface area (Å²) in [5.74, 6) is 0.700. The second-order valence-corrected chi connectivity index (χ2v) is 7.07. The van der Waals surface area contributed by atoms with Crippen LogP contribution in [0.3, 0.4) is 0 Å². The molecule has 0 radical (unpaired) electrons.